The highest BCUT2D eigenvalue weighted by Gasteiger charge is 2.28. The summed E-state index contributed by atoms with van der Waals surface area (Å²) >= 11 is 0. The number of carbonyl (C=O) groups excluding carboxylic acids is 2. The van der Waals surface area contributed by atoms with Gasteiger partial charge in [-0.3, -0.25) is 10.1 Å². The van der Waals surface area contributed by atoms with Crippen molar-refractivity contribution < 1.29 is 18.7 Å². The van der Waals surface area contributed by atoms with E-state index in [0.717, 1.165) is 35.2 Å². The van der Waals surface area contributed by atoms with Crippen molar-refractivity contribution in [3.05, 3.63) is 95.2 Å². The number of halogens is 1. The van der Waals surface area contributed by atoms with Gasteiger partial charge in [0.1, 0.15) is 5.82 Å². The summed E-state index contributed by atoms with van der Waals surface area (Å²) in [5.41, 5.74) is 4.41. The molecule has 0 bridgehead atoms. The minimum absolute atomic E-state index is 0.132. The average molecular weight is 483 g/mol. The molecule has 1 atom stereocenters. The number of ether oxygens (including phenoxy) is 1. The van der Waals surface area contributed by atoms with Crippen LogP contribution in [0.4, 0.5) is 10.3 Å². The van der Waals surface area contributed by atoms with Crippen molar-refractivity contribution in [3.8, 4) is 0 Å². The van der Waals surface area contributed by atoms with Gasteiger partial charge in [0.2, 0.25) is 5.95 Å². The van der Waals surface area contributed by atoms with Crippen LogP contribution in [-0.2, 0) is 16.0 Å². The Morgan fingerprint density at radius 2 is 1.78 bits per heavy atom. The van der Waals surface area contributed by atoms with Crippen LogP contribution in [-0.4, -0.2) is 32.9 Å². The van der Waals surface area contributed by atoms with Gasteiger partial charge in [-0.1, -0.05) is 30.3 Å². The Morgan fingerprint density at radius 1 is 1.03 bits per heavy atom. The summed E-state index contributed by atoms with van der Waals surface area (Å²) in [6.45, 7) is 1.51. The van der Waals surface area contributed by atoms with Crippen molar-refractivity contribution in [3.63, 3.8) is 0 Å². The fourth-order valence-electron chi connectivity index (χ4n) is 4.32. The third-order valence-electron chi connectivity index (χ3n) is 6.04. The smallest absolute Gasteiger partial charge is 0.339 e. The number of benzene rings is 2. The van der Waals surface area contributed by atoms with Crippen molar-refractivity contribution in [2.24, 2.45) is 0 Å². The molecular formula is C28H23FN4O3. The molecule has 0 radical (unpaired) electrons. The minimum atomic E-state index is -1.07. The summed E-state index contributed by atoms with van der Waals surface area (Å²) in [5, 5.41) is 3.22. The van der Waals surface area contributed by atoms with Crippen LogP contribution in [0.1, 0.15) is 46.9 Å². The third kappa shape index (κ3) is 4.84. The molecule has 0 saturated carbocycles. The largest absolute Gasteiger partial charge is 0.449 e. The Balaban J connectivity index is 1.50. The number of rotatable bonds is 5. The highest BCUT2D eigenvalue weighted by Crippen LogP contribution is 2.36. The SMILES string of the molecule is CC(OC(=O)c1c2c(nc3ccccc13)/C(=C/c1ccc(F)cc1)CCC2)C(=O)Nc1ncccn1. The first-order valence-corrected chi connectivity index (χ1v) is 11.7. The average Bonchev–Trinajstić information content (AvgIpc) is 2.89. The lowest BCUT2D eigenvalue weighted by Gasteiger charge is -2.23. The molecule has 1 N–H and O–H groups in total. The van der Waals surface area contributed by atoms with Gasteiger partial charge in [-0.05, 0) is 73.2 Å². The second-order valence-electron chi connectivity index (χ2n) is 8.51. The van der Waals surface area contributed by atoms with E-state index < -0.39 is 18.0 Å². The van der Waals surface area contributed by atoms with Crippen LogP contribution in [0.2, 0.25) is 0 Å². The molecule has 0 aliphatic heterocycles. The number of carbonyl (C=O) groups is 2. The molecule has 0 spiro atoms. The van der Waals surface area contributed by atoms with Gasteiger partial charge in [0, 0.05) is 17.8 Å². The molecule has 1 amide bonds. The Kier molecular flexibility index (Phi) is 6.49. The van der Waals surface area contributed by atoms with Gasteiger partial charge < -0.3 is 4.74 Å². The lowest BCUT2D eigenvalue weighted by Crippen LogP contribution is -2.31. The van der Waals surface area contributed by atoms with Crippen LogP contribution in [0, 0.1) is 5.82 Å². The summed E-state index contributed by atoms with van der Waals surface area (Å²) < 4.78 is 19.0. The highest BCUT2D eigenvalue weighted by molar-refractivity contribution is 6.07. The van der Waals surface area contributed by atoms with E-state index in [0.29, 0.717) is 22.9 Å². The number of allylic oxidation sites excluding steroid dienone is 1. The molecule has 8 heteroatoms. The van der Waals surface area contributed by atoms with Crippen LogP contribution < -0.4 is 5.32 Å². The Bertz CT molecular complexity index is 1470. The first kappa shape index (κ1) is 23.3. The number of nitrogens with zero attached hydrogens (tertiary/aromatic N) is 3. The normalized spacial score (nSPS) is 14.8. The van der Waals surface area contributed by atoms with E-state index in [-0.39, 0.29) is 11.8 Å². The fourth-order valence-corrected chi connectivity index (χ4v) is 4.32. The van der Waals surface area contributed by atoms with Gasteiger partial charge in [0.25, 0.3) is 5.91 Å². The molecule has 5 rings (SSSR count). The zero-order valence-corrected chi connectivity index (χ0v) is 19.6. The molecule has 7 nitrogen and oxygen atoms in total. The Morgan fingerprint density at radius 3 is 2.56 bits per heavy atom. The third-order valence-corrected chi connectivity index (χ3v) is 6.04. The molecule has 1 unspecified atom stereocenters. The van der Waals surface area contributed by atoms with Gasteiger partial charge in [-0.25, -0.2) is 24.1 Å². The number of pyridine rings is 1. The molecular weight excluding hydrogens is 459 g/mol. The van der Waals surface area contributed by atoms with E-state index >= 15 is 0 Å². The van der Waals surface area contributed by atoms with Gasteiger partial charge in [-0.15, -0.1) is 0 Å². The monoisotopic (exact) mass is 482 g/mol. The van der Waals surface area contributed by atoms with Crippen LogP contribution in [0.3, 0.4) is 0 Å². The number of para-hydroxylation sites is 1. The lowest BCUT2D eigenvalue weighted by atomic mass is 9.86. The molecule has 0 fully saturated rings. The van der Waals surface area contributed by atoms with E-state index in [9.17, 15) is 14.0 Å². The molecule has 180 valence electrons. The van der Waals surface area contributed by atoms with Crippen LogP contribution in [0.15, 0.2) is 67.0 Å². The van der Waals surface area contributed by atoms with Crippen LogP contribution in [0.5, 0.6) is 0 Å². The maximum Gasteiger partial charge on any atom is 0.339 e. The van der Waals surface area contributed by atoms with Gasteiger partial charge in [0.15, 0.2) is 6.10 Å². The van der Waals surface area contributed by atoms with Crippen molar-refractivity contribution in [1.82, 2.24) is 15.0 Å². The van der Waals surface area contributed by atoms with Crippen molar-refractivity contribution in [2.45, 2.75) is 32.3 Å². The second-order valence-corrected chi connectivity index (χ2v) is 8.51. The number of hydrogen-bond donors (Lipinski definition) is 1. The topological polar surface area (TPSA) is 94.1 Å². The zero-order chi connectivity index (χ0) is 25.1. The lowest BCUT2D eigenvalue weighted by molar-refractivity contribution is -0.123. The molecule has 2 aromatic heterocycles. The number of anilines is 1. The number of amides is 1. The minimum Gasteiger partial charge on any atom is -0.449 e. The summed E-state index contributed by atoms with van der Waals surface area (Å²) in [7, 11) is 0. The van der Waals surface area contributed by atoms with Crippen molar-refractivity contribution in [1.29, 1.82) is 0 Å². The number of esters is 1. The summed E-state index contributed by atoms with van der Waals surface area (Å²) in [6, 6.07) is 15.3. The van der Waals surface area contributed by atoms with E-state index in [1.807, 2.05) is 30.3 Å². The van der Waals surface area contributed by atoms with E-state index in [2.05, 4.69) is 15.3 Å². The first-order valence-electron chi connectivity index (χ1n) is 11.7. The number of hydrogen-bond acceptors (Lipinski definition) is 6. The maximum atomic E-state index is 13.5. The summed E-state index contributed by atoms with van der Waals surface area (Å²) in [6.07, 6.45) is 6.17. The predicted octanol–water partition coefficient (Wildman–Crippen LogP) is 5.22. The molecule has 4 aromatic rings. The number of fused-ring (bicyclic) bond motifs is 2. The zero-order valence-electron chi connectivity index (χ0n) is 19.6. The maximum absolute atomic E-state index is 13.5. The quantitative estimate of drug-likeness (QED) is 0.392. The molecule has 1 aliphatic rings. The highest BCUT2D eigenvalue weighted by atomic mass is 19.1. The van der Waals surface area contributed by atoms with Gasteiger partial charge in [-0.2, -0.15) is 0 Å². The molecule has 0 saturated heterocycles. The second kappa shape index (κ2) is 10.0. The van der Waals surface area contributed by atoms with Gasteiger partial charge in [0.05, 0.1) is 16.8 Å². The van der Waals surface area contributed by atoms with E-state index in [4.69, 9.17) is 9.72 Å². The van der Waals surface area contributed by atoms with Crippen LogP contribution in [0.25, 0.3) is 22.6 Å². The molecule has 1 aliphatic carbocycles. The van der Waals surface area contributed by atoms with Gasteiger partial charge >= 0.3 is 5.97 Å². The van der Waals surface area contributed by atoms with E-state index in [1.54, 1.807) is 18.2 Å². The van der Waals surface area contributed by atoms with Crippen molar-refractivity contribution in [2.75, 3.05) is 5.32 Å². The first-order chi connectivity index (χ1) is 17.5. The predicted molar refractivity (Wildman–Crippen MR) is 134 cm³/mol. The molecule has 2 heterocycles. The summed E-state index contributed by atoms with van der Waals surface area (Å²) in [5.74, 6) is -1.29. The molecule has 2 aromatic carbocycles. The number of nitrogens with one attached hydrogen (secondary N) is 1. The fraction of sp³-hybridized carbons (Fsp3) is 0.179. The summed E-state index contributed by atoms with van der Waals surface area (Å²) in [4.78, 5) is 38.9. The Hall–Kier alpha value is -4.46. The Labute approximate surface area is 207 Å². The number of aromatic nitrogens is 3. The van der Waals surface area contributed by atoms with Crippen molar-refractivity contribution >= 4 is 40.4 Å². The standard InChI is InChI=1S/C28H23FN4O3/c1-17(26(34)33-28-30-14-5-15-31-28)36-27(35)24-21-7-2-3-9-23(21)32-25-19(6-4-8-22(24)25)16-18-10-12-20(29)13-11-18/h2-3,5,7,9-17H,4,6,8H2,1H3,(H,30,31,33,34)/b19-16+. The molecule has 36 heavy (non-hydrogen) atoms. The van der Waals surface area contributed by atoms with E-state index in [1.165, 1.54) is 31.5 Å². The van der Waals surface area contributed by atoms with Crippen LogP contribution >= 0.6 is 0 Å².